The molecule has 1 heterocycles. The number of hydrogen-bond donors (Lipinski definition) is 2. The van der Waals surface area contributed by atoms with E-state index in [1.165, 1.54) is 11.1 Å². The summed E-state index contributed by atoms with van der Waals surface area (Å²) >= 11 is 0. The van der Waals surface area contributed by atoms with Crippen molar-refractivity contribution in [3.05, 3.63) is 52.4 Å². The second kappa shape index (κ2) is 13.5. The molecule has 0 unspecified atom stereocenters. The fourth-order valence-corrected chi connectivity index (χ4v) is 2.88. The topological polar surface area (TPSA) is 71.7 Å². The molecule has 2 aromatic rings. The van der Waals surface area contributed by atoms with Gasteiger partial charge in [-0.1, -0.05) is 43.3 Å². The van der Waals surface area contributed by atoms with E-state index in [2.05, 4.69) is 48.7 Å². The van der Waals surface area contributed by atoms with Gasteiger partial charge in [0.15, 0.2) is 5.96 Å². The molecule has 0 radical (unpaired) electrons. The molecule has 0 fully saturated rings. The van der Waals surface area contributed by atoms with E-state index in [-0.39, 0.29) is 24.0 Å². The summed E-state index contributed by atoms with van der Waals surface area (Å²) in [6, 6.07) is 8.28. The number of hydrogen-bond acceptors (Lipinski definition) is 4. The second-order valence-corrected chi connectivity index (χ2v) is 6.19. The van der Waals surface area contributed by atoms with Crippen LogP contribution >= 0.6 is 24.0 Å². The van der Waals surface area contributed by atoms with Crippen LogP contribution in [-0.4, -0.2) is 24.3 Å². The lowest BCUT2D eigenvalue weighted by Crippen LogP contribution is -2.37. The number of nitrogens with one attached hydrogen (secondary N) is 2. The summed E-state index contributed by atoms with van der Waals surface area (Å²) in [6.07, 6.45) is 1.70. The molecule has 6 nitrogen and oxygen atoms in total. The molecule has 7 heteroatoms. The molecule has 28 heavy (non-hydrogen) atoms. The van der Waals surface area contributed by atoms with Crippen molar-refractivity contribution >= 4 is 29.9 Å². The standard InChI is InChI=1S/C21H32N4O2.HI/c1-5-19-18(20(6-2)27-25-19)14-24-21(22-7-3)23-13-16-11-9-10-12-17(16)15-26-8-4;/h9-12H,5-8,13-15H2,1-4H3,(H2,22,23,24);1H. The van der Waals surface area contributed by atoms with Crippen LogP contribution in [0.4, 0.5) is 0 Å². The Morgan fingerprint density at radius 1 is 1.07 bits per heavy atom. The third-order valence-corrected chi connectivity index (χ3v) is 4.37. The number of aryl methyl sites for hydroxylation is 2. The molecule has 0 saturated carbocycles. The largest absolute Gasteiger partial charge is 0.377 e. The normalized spacial score (nSPS) is 11.2. The first-order chi connectivity index (χ1) is 13.2. The minimum absolute atomic E-state index is 0. The lowest BCUT2D eigenvalue weighted by Gasteiger charge is -2.13. The number of rotatable bonds is 10. The van der Waals surface area contributed by atoms with Gasteiger partial charge >= 0.3 is 0 Å². The predicted octanol–water partition coefficient (Wildman–Crippen LogP) is 4.21. The maximum atomic E-state index is 5.56. The quantitative estimate of drug-likeness (QED) is 0.291. The van der Waals surface area contributed by atoms with Crippen molar-refractivity contribution in [3.63, 3.8) is 0 Å². The van der Waals surface area contributed by atoms with Crippen LogP contribution in [0.2, 0.25) is 0 Å². The third kappa shape index (κ3) is 7.09. The van der Waals surface area contributed by atoms with Crippen LogP contribution in [0.1, 0.15) is 55.8 Å². The van der Waals surface area contributed by atoms with E-state index in [1.807, 2.05) is 19.1 Å². The number of aliphatic imine (C=N–C) groups is 1. The Morgan fingerprint density at radius 3 is 2.46 bits per heavy atom. The molecule has 0 aliphatic carbocycles. The predicted molar refractivity (Wildman–Crippen MR) is 124 cm³/mol. The van der Waals surface area contributed by atoms with Crippen molar-refractivity contribution in [3.8, 4) is 0 Å². The van der Waals surface area contributed by atoms with Gasteiger partial charge in [-0.2, -0.15) is 0 Å². The first kappa shape index (κ1) is 24.4. The van der Waals surface area contributed by atoms with E-state index in [9.17, 15) is 0 Å². The fraction of sp³-hybridized carbons (Fsp3) is 0.524. The van der Waals surface area contributed by atoms with Gasteiger partial charge in [0.25, 0.3) is 0 Å². The zero-order chi connectivity index (χ0) is 19.5. The van der Waals surface area contributed by atoms with Crippen LogP contribution in [0, 0.1) is 0 Å². The Bertz CT molecular complexity index is 709. The third-order valence-electron chi connectivity index (χ3n) is 4.37. The summed E-state index contributed by atoms with van der Waals surface area (Å²) in [6.45, 7) is 11.6. The highest BCUT2D eigenvalue weighted by Crippen LogP contribution is 2.15. The molecule has 2 rings (SSSR count). The molecular weight excluding hydrogens is 467 g/mol. The highest BCUT2D eigenvalue weighted by atomic mass is 127. The first-order valence-electron chi connectivity index (χ1n) is 9.86. The van der Waals surface area contributed by atoms with Crippen molar-refractivity contribution in [2.75, 3.05) is 13.2 Å². The smallest absolute Gasteiger partial charge is 0.191 e. The summed E-state index contributed by atoms with van der Waals surface area (Å²) in [5.41, 5.74) is 4.51. The molecule has 0 aliphatic heterocycles. The molecule has 0 atom stereocenters. The lowest BCUT2D eigenvalue weighted by molar-refractivity contribution is 0.133. The van der Waals surface area contributed by atoms with Gasteiger partial charge in [0.2, 0.25) is 0 Å². The molecule has 0 spiro atoms. The molecule has 0 amide bonds. The van der Waals surface area contributed by atoms with Gasteiger partial charge in [0.1, 0.15) is 5.76 Å². The molecular formula is C21H33IN4O2. The molecule has 0 saturated heterocycles. The van der Waals surface area contributed by atoms with Crippen LogP contribution in [0.25, 0.3) is 0 Å². The van der Waals surface area contributed by atoms with Gasteiger partial charge in [-0.25, -0.2) is 4.99 Å². The zero-order valence-corrected chi connectivity index (χ0v) is 19.7. The van der Waals surface area contributed by atoms with Crippen LogP contribution in [0.5, 0.6) is 0 Å². The SMILES string of the molecule is CCNC(=NCc1ccccc1COCC)NCc1c(CC)noc1CC.I. The van der Waals surface area contributed by atoms with Gasteiger partial charge in [-0.15, -0.1) is 24.0 Å². The minimum Gasteiger partial charge on any atom is -0.377 e. The lowest BCUT2D eigenvalue weighted by atomic mass is 10.1. The van der Waals surface area contributed by atoms with E-state index in [4.69, 9.17) is 14.3 Å². The number of guanidine groups is 1. The van der Waals surface area contributed by atoms with Gasteiger partial charge < -0.3 is 19.9 Å². The van der Waals surface area contributed by atoms with Gasteiger partial charge in [0.05, 0.1) is 18.8 Å². The molecule has 0 bridgehead atoms. The number of benzene rings is 1. The van der Waals surface area contributed by atoms with Crippen LogP contribution in [0.15, 0.2) is 33.8 Å². The summed E-state index contributed by atoms with van der Waals surface area (Å²) in [4.78, 5) is 4.75. The second-order valence-electron chi connectivity index (χ2n) is 6.19. The van der Waals surface area contributed by atoms with E-state index in [1.54, 1.807) is 0 Å². The van der Waals surface area contributed by atoms with Gasteiger partial charge in [-0.3, -0.25) is 0 Å². The Labute approximate surface area is 185 Å². The molecule has 1 aromatic heterocycles. The highest BCUT2D eigenvalue weighted by molar-refractivity contribution is 14.0. The summed E-state index contributed by atoms with van der Waals surface area (Å²) in [7, 11) is 0. The van der Waals surface area contributed by atoms with Crippen molar-refractivity contribution in [1.29, 1.82) is 0 Å². The molecule has 2 N–H and O–H groups in total. The Kier molecular flexibility index (Phi) is 11.8. The number of aromatic nitrogens is 1. The summed E-state index contributed by atoms with van der Waals surface area (Å²) in [5, 5.41) is 10.9. The molecule has 156 valence electrons. The van der Waals surface area contributed by atoms with Gasteiger partial charge in [0, 0.05) is 31.7 Å². The maximum Gasteiger partial charge on any atom is 0.191 e. The minimum atomic E-state index is 0. The van der Waals surface area contributed by atoms with Crippen molar-refractivity contribution < 1.29 is 9.26 Å². The van der Waals surface area contributed by atoms with Crippen molar-refractivity contribution in [1.82, 2.24) is 15.8 Å². The highest BCUT2D eigenvalue weighted by Gasteiger charge is 2.13. The fourth-order valence-electron chi connectivity index (χ4n) is 2.88. The van der Waals surface area contributed by atoms with Crippen LogP contribution in [-0.2, 0) is 37.3 Å². The Hall–Kier alpha value is -1.61. The summed E-state index contributed by atoms with van der Waals surface area (Å²) < 4.78 is 11.0. The van der Waals surface area contributed by atoms with Crippen LogP contribution < -0.4 is 10.6 Å². The monoisotopic (exact) mass is 500 g/mol. The average molecular weight is 500 g/mol. The van der Waals surface area contributed by atoms with Crippen molar-refractivity contribution in [2.24, 2.45) is 4.99 Å². The molecule has 1 aromatic carbocycles. The number of ether oxygens (including phenoxy) is 1. The van der Waals surface area contributed by atoms with E-state index in [0.717, 1.165) is 42.4 Å². The molecule has 0 aliphatic rings. The van der Waals surface area contributed by atoms with Gasteiger partial charge in [-0.05, 0) is 31.4 Å². The van der Waals surface area contributed by atoms with Crippen LogP contribution in [0.3, 0.4) is 0 Å². The maximum absolute atomic E-state index is 5.56. The Balaban J connectivity index is 0.00000392. The zero-order valence-electron chi connectivity index (χ0n) is 17.4. The van der Waals surface area contributed by atoms with E-state index < -0.39 is 0 Å². The Morgan fingerprint density at radius 2 is 1.82 bits per heavy atom. The van der Waals surface area contributed by atoms with Crippen molar-refractivity contribution in [2.45, 2.75) is 60.2 Å². The number of halogens is 1. The van der Waals surface area contributed by atoms with E-state index >= 15 is 0 Å². The summed E-state index contributed by atoms with van der Waals surface area (Å²) in [5.74, 6) is 1.73. The average Bonchev–Trinajstić information content (AvgIpc) is 3.11. The first-order valence-corrected chi connectivity index (χ1v) is 9.86. The van der Waals surface area contributed by atoms with E-state index in [0.29, 0.717) is 26.3 Å². The number of nitrogens with zero attached hydrogens (tertiary/aromatic N) is 2.